The van der Waals surface area contributed by atoms with Crippen molar-refractivity contribution in [1.82, 2.24) is 40.4 Å². The molecule has 1 saturated carbocycles. The number of ether oxygens (including phenoxy) is 3. The summed E-state index contributed by atoms with van der Waals surface area (Å²) in [6.07, 6.45) is 5.91. The average molecular weight is 849 g/mol. The van der Waals surface area contributed by atoms with Gasteiger partial charge in [-0.05, 0) is 103 Å². The molecule has 3 saturated heterocycles. The van der Waals surface area contributed by atoms with E-state index in [4.69, 9.17) is 24.2 Å². The Morgan fingerprint density at radius 1 is 0.871 bits per heavy atom. The van der Waals surface area contributed by atoms with E-state index >= 15 is 4.39 Å². The molecular formula is C46H53FN8O7. The number of nitrogens with zero attached hydrogens (tertiary/aromatic N) is 4. The first kappa shape index (κ1) is 41.3. The maximum Gasteiger partial charge on any atom is 0.407 e. The van der Waals surface area contributed by atoms with Crippen molar-refractivity contribution >= 4 is 45.8 Å². The van der Waals surface area contributed by atoms with E-state index in [9.17, 15) is 19.2 Å². The summed E-state index contributed by atoms with van der Waals surface area (Å²) in [4.78, 5) is 72.8. The summed E-state index contributed by atoms with van der Waals surface area (Å²) in [6, 6.07) is 13.1. The van der Waals surface area contributed by atoms with Crippen molar-refractivity contribution in [2.75, 3.05) is 34.0 Å². The number of aromatic nitrogens is 4. The molecule has 16 heteroatoms. The van der Waals surface area contributed by atoms with E-state index in [-0.39, 0.29) is 47.7 Å². The Labute approximate surface area is 358 Å². The van der Waals surface area contributed by atoms with Crippen LogP contribution in [-0.2, 0) is 23.8 Å². The Bertz CT molecular complexity index is 2510. The van der Waals surface area contributed by atoms with Crippen LogP contribution in [0, 0.1) is 23.6 Å². The number of aromatic amines is 2. The highest BCUT2D eigenvalue weighted by Gasteiger charge is 2.52. The lowest BCUT2D eigenvalue weighted by Crippen LogP contribution is -2.55. The number of methoxy groups -OCH3 is 2. The van der Waals surface area contributed by atoms with Crippen molar-refractivity contribution in [3.05, 3.63) is 72.2 Å². The number of alkyl carbamates (subject to hydrolysis) is 2. The fraction of sp³-hybridized carbons (Fsp3) is 0.478. The molecule has 5 aromatic rings. The zero-order valence-electron chi connectivity index (χ0n) is 35.4. The second-order valence-electron chi connectivity index (χ2n) is 17.4. The molecule has 326 valence electrons. The maximum absolute atomic E-state index is 16.1. The summed E-state index contributed by atoms with van der Waals surface area (Å²) in [6.45, 7) is 5.39. The van der Waals surface area contributed by atoms with Crippen LogP contribution in [0.3, 0.4) is 0 Å². The second kappa shape index (κ2) is 17.0. The molecule has 1 unspecified atom stereocenters. The molecule has 6 atom stereocenters. The van der Waals surface area contributed by atoms with Gasteiger partial charge < -0.3 is 44.6 Å². The van der Waals surface area contributed by atoms with Gasteiger partial charge in [0.15, 0.2) is 0 Å². The van der Waals surface area contributed by atoms with Crippen LogP contribution in [0.2, 0.25) is 0 Å². The number of carbonyl (C=O) groups is 4. The van der Waals surface area contributed by atoms with Crippen LogP contribution in [0.5, 0.6) is 0 Å². The van der Waals surface area contributed by atoms with Gasteiger partial charge in [-0.3, -0.25) is 9.59 Å². The molecule has 4 amide bonds. The topological polar surface area (TPSA) is 184 Å². The number of rotatable bonds is 10. The van der Waals surface area contributed by atoms with Crippen molar-refractivity contribution in [3.63, 3.8) is 0 Å². The number of imidazole rings is 2. The van der Waals surface area contributed by atoms with E-state index in [0.29, 0.717) is 61.1 Å². The van der Waals surface area contributed by atoms with Gasteiger partial charge >= 0.3 is 12.2 Å². The lowest BCUT2D eigenvalue weighted by molar-refractivity contribution is -0.140. The fourth-order valence-electron chi connectivity index (χ4n) is 10.3. The van der Waals surface area contributed by atoms with E-state index < -0.39 is 30.1 Å². The Kier molecular flexibility index (Phi) is 11.4. The molecule has 4 aliphatic rings. The van der Waals surface area contributed by atoms with Gasteiger partial charge in [0.05, 0.1) is 49.2 Å². The lowest BCUT2D eigenvalue weighted by Gasteiger charge is -2.39. The molecule has 4 N–H and O–H groups in total. The van der Waals surface area contributed by atoms with Crippen LogP contribution in [-0.4, -0.2) is 106 Å². The number of hydrogen-bond acceptors (Lipinski definition) is 9. The summed E-state index contributed by atoms with van der Waals surface area (Å²) in [7, 11) is 2.57. The van der Waals surface area contributed by atoms with E-state index in [1.54, 1.807) is 17.2 Å². The van der Waals surface area contributed by atoms with Gasteiger partial charge in [-0.2, -0.15) is 0 Å². The Morgan fingerprint density at radius 2 is 1.63 bits per heavy atom. The third kappa shape index (κ3) is 7.62. The van der Waals surface area contributed by atoms with Gasteiger partial charge in [-0.15, -0.1) is 0 Å². The van der Waals surface area contributed by atoms with E-state index in [0.717, 1.165) is 59.5 Å². The fourth-order valence-corrected chi connectivity index (χ4v) is 10.3. The summed E-state index contributed by atoms with van der Waals surface area (Å²) >= 11 is 0. The van der Waals surface area contributed by atoms with Crippen molar-refractivity contribution < 1.29 is 37.8 Å². The largest absolute Gasteiger partial charge is 0.453 e. The molecule has 3 aromatic carbocycles. The molecule has 5 heterocycles. The number of fused-ring (bicyclic) bond motifs is 5. The summed E-state index contributed by atoms with van der Waals surface area (Å²) < 4.78 is 31.4. The second-order valence-corrected chi connectivity index (χ2v) is 17.4. The minimum atomic E-state index is -0.743. The van der Waals surface area contributed by atoms with Crippen LogP contribution in [0.1, 0.15) is 82.5 Å². The van der Waals surface area contributed by atoms with Gasteiger partial charge in [-0.25, -0.2) is 23.9 Å². The SMILES string of the molecule is COC(=O)NC(C(=O)N1[C@@H]2CC[C@@H](C2)[C@H]1c1ncc(-c2ccc(-c3ccc4c(ccc5[nH]c([C@@H]6CCCN6C(=O)[C@@H](NC(=O)OC)C(C)C)nc54)c3)cc2F)[nH]1)C1CCOCC1. The van der Waals surface area contributed by atoms with Crippen LogP contribution in [0.25, 0.3) is 44.2 Å². The van der Waals surface area contributed by atoms with Gasteiger partial charge in [0.1, 0.15) is 29.5 Å². The predicted octanol–water partition coefficient (Wildman–Crippen LogP) is 7.16. The highest BCUT2D eigenvalue weighted by Crippen LogP contribution is 2.50. The summed E-state index contributed by atoms with van der Waals surface area (Å²) in [5.74, 6) is 0.564. The van der Waals surface area contributed by atoms with E-state index in [1.165, 1.54) is 20.3 Å². The Balaban J connectivity index is 0.938. The minimum absolute atomic E-state index is 0.0335. The van der Waals surface area contributed by atoms with Gasteiger partial charge in [-0.1, -0.05) is 38.1 Å². The minimum Gasteiger partial charge on any atom is -0.453 e. The standard InChI is InChI=1S/C46H53FN8O7/c1-24(2)37(52-45(58)60-3)43(56)54-17-5-6-36(54)41-49-34-14-10-28-20-26(8-12-31(28)39(34)51-41)27-9-13-32(33(47)22-27)35-23-48-42(50-35)40-29-7-11-30(21-29)55(40)44(57)38(53-46(59)61-4)25-15-18-62-19-16-25/h8-10,12-14,20,22-25,29-30,36-38,40H,5-7,11,15-19,21H2,1-4H3,(H,48,50)(H,49,51)(H,52,58)(H,53,59)/t29-,30+,36-,37-,38?,40-/m0/s1. The Morgan fingerprint density at radius 3 is 2.39 bits per heavy atom. The zero-order chi connectivity index (χ0) is 43.2. The molecule has 4 fully saturated rings. The number of hydrogen-bond donors (Lipinski definition) is 4. The molecule has 2 aromatic heterocycles. The van der Waals surface area contributed by atoms with E-state index in [1.807, 2.05) is 55.1 Å². The zero-order valence-corrected chi connectivity index (χ0v) is 35.4. The number of likely N-dealkylation sites (tertiary alicyclic amines) is 2. The molecule has 0 radical (unpaired) electrons. The van der Waals surface area contributed by atoms with Gasteiger partial charge in [0.2, 0.25) is 11.8 Å². The highest BCUT2D eigenvalue weighted by atomic mass is 19.1. The molecule has 1 aliphatic carbocycles. The van der Waals surface area contributed by atoms with E-state index in [2.05, 4.69) is 20.6 Å². The monoisotopic (exact) mass is 848 g/mol. The number of amides is 4. The lowest BCUT2D eigenvalue weighted by atomic mass is 9.89. The first-order valence-electron chi connectivity index (χ1n) is 21.7. The average Bonchev–Trinajstić information content (AvgIpc) is 4.15. The molecular weight excluding hydrogens is 796 g/mol. The number of halogens is 1. The number of H-pyrrole nitrogens is 2. The number of nitrogens with one attached hydrogen (secondary N) is 4. The summed E-state index contributed by atoms with van der Waals surface area (Å²) in [5, 5.41) is 7.39. The molecule has 9 rings (SSSR count). The van der Waals surface area contributed by atoms with Crippen molar-refractivity contribution in [3.8, 4) is 22.4 Å². The number of carbonyl (C=O) groups excluding carboxylic acids is 4. The van der Waals surface area contributed by atoms with Gasteiger partial charge in [0, 0.05) is 36.8 Å². The first-order valence-corrected chi connectivity index (χ1v) is 21.7. The van der Waals surface area contributed by atoms with Crippen molar-refractivity contribution in [2.24, 2.45) is 17.8 Å². The Hall–Kier alpha value is -6.03. The highest BCUT2D eigenvalue weighted by molar-refractivity contribution is 6.05. The van der Waals surface area contributed by atoms with Crippen LogP contribution in [0.15, 0.2) is 54.7 Å². The maximum atomic E-state index is 16.1. The number of benzene rings is 3. The third-order valence-corrected chi connectivity index (χ3v) is 13.5. The van der Waals surface area contributed by atoms with Gasteiger partial charge in [0.25, 0.3) is 0 Å². The molecule has 2 bridgehead atoms. The molecule has 15 nitrogen and oxygen atoms in total. The predicted molar refractivity (Wildman–Crippen MR) is 228 cm³/mol. The third-order valence-electron chi connectivity index (χ3n) is 13.5. The molecule has 0 spiro atoms. The van der Waals surface area contributed by atoms with Crippen LogP contribution >= 0.6 is 0 Å². The molecule has 62 heavy (non-hydrogen) atoms. The molecule has 3 aliphatic heterocycles. The smallest absolute Gasteiger partial charge is 0.407 e. The van der Waals surface area contributed by atoms with Crippen LogP contribution in [0.4, 0.5) is 14.0 Å². The van der Waals surface area contributed by atoms with Crippen molar-refractivity contribution in [2.45, 2.75) is 89.0 Å². The number of piperidine rings is 1. The van der Waals surface area contributed by atoms with Crippen LogP contribution < -0.4 is 10.6 Å². The normalized spacial score (nSPS) is 22.4. The quantitative estimate of drug-likeness (QED) is 0.113. The first-order chi connectivity index (χ1) is 30.0. The summed E-state index contributed by atoms with van der Waals surface area (Å²) in [5.41, 5.74) is 4.06. The van der Waals surface area contributed by atoms with Crippen molar-refractivity contribution in [1.29, 1.82) is 0 Å².